The molecule has 2 rings (SSSR count). The fraction of sp³-hybridized carbons (Fsp3) is 0.769. The summed E-state index contributed by atoms with van der Waals surface area (Å²) in [6.45, 7) is 4.78. The second-order valence-corrected chi connectivity index (χ2v) is 5.63. The van der Waals surface area contributed by atoms with Crippen LogP contribution in [-0.4, -0.2) is 21.4 Å². The van der Waals surface area contributed by atoms with Gasteiger partial charge in [0, 0.05) is 30.3 Å². The minimum absolute atomic E-state index is 0.146. The van der Waals surface area contributed by atoms with Crippen LogP contribution in [0, 0.1) is 18.3 Å². The van der Waals surface area contributed by atoms with E-state index in [1.807, 2.05) is 14.0 Å². The van der Waals surface area contributed by atoms with E-state index in [-0.39, 0.29) is 5.41 Å². The number of hydrogen-bond acceptors (Lipinski definition) is 3. The Kier molecular flexibility index (Phi) is 3.27. The van der Waals surface area contributed by atoms with Crippen molar-refractivity contribution in [1.29, 1.82) is 0 Å². The van der Waals surface area contributed by atoms with Crippen molar-refractivity contribution >= 4 is 0 Å². The maximum Gasteiger partial charge on any atom is 0.0891 e. The van der Waals surface area contributed by atoms with Crippen LogP contribution in [0.2, 0.25) is 0 Å². The normalized spacial score (nSPS) is 30.8. The van der Waals surface area contributed by atoms with Gasteiger partial charge in [-0.2, -0.15) is 5.10 Å². The van der Waals surface area contributed by atoms with Gasteiger partial charge in [-0.15, -0.1) is 0 Å². The van der Waals surface area contributed by atoms with Gasteiger partial charge in [0.05, 0.1) is 12.3 Å². The molecule has 1 saturated carbocycles. The largest absolute Gasteiger partial charge is 0.388 e. The van der Waals surface area contributed by atoms with E-state index in [4.69, 9.17) is 5.73 Å². The molecule has 0 aromatic carbocycles. The molecule has 0 bridgehead atoms. The second-order valence-electron chi connectivity index (χ2n) is 5.63. The third kappa shape index (κ3) is 2.00. The number of aliphatic hydroxyl groups is 1. The van der Waals surface area contributed by atoms with Crippen molar-refractivity contribution in [2.24, 2.45) is 24.1 Å². The van der Waals surface area contributed by atoms with E-state index >= 15 is 0 Å². The zero-order valence-corrected chi connectivity index (χ0v) is 11.0. The molecule has 3 N–H and O–H groups in total. The van der Waals surface area contributed by atoms with Crippen LogP contribution in [0.4, 0.5) is 0 Å². The summed E-state index contributed by atoms with van der Waals surface area (Å²) in [5.41, 5.74) is 7.76. The third-order valence-corrected chi connectivity index (χ3v) is 4.44. The van der Waals surface area contributed by atoms with Crippen LogP contribution in [0.15, 0.2) is 6.20 Å². The lowest BCUT2D eigenvalue weighted by atomic mass is 9.77. The van der Waals surface area contributed by atoms with E-state index in [0.717, 1.165) is 30.5 Å². The number of nitrogens with two attached hydrogens (primary N) is 1. The molecule has 1 aromatic rings. The highest BCUT2D eigenvalue weighted by molar-refractivity contribution is 5.22. The number of rotatable bonds is 3. The molecule has 3 atom stereocenters. The molecule has 1 aliphatic carbocycles. The maximum atomic E-state index is 10.6. The SMILES string of the molecule is Cc1c(C(O)C2(CN)CCC(C)C2)cnn1C. The Balaban J connectivity index is 2.29. The van der Waals surface area contributed by atoms with Gasteiger partial charge < -0.3 is 10.8 Å². The van der Waals surface area contributed by atoms with Gasteiger partial charge in [0.2, 0.25) is 0 Å². The summed E-state index contributed by atoms with van der Waals surface area (Å²) in [5.74, 6) is 0.658. The third-order valence-electron chi connectivity index (χ3n) is 4.44. The average Bonchev–Trinajstić information content (AvgIpc) is 2.85. The Bertz CT molecular complexity index is 401. The van der Waals surface area contributed by atoms with E-state index in [1.165, 1.54) is 0 Å². The van der Waals surface area contributed by atoms with Crippen molar-refractivity contribution in [3.05, 3.63) is 17.5 Å². The summed E-state index contributed by atoms with van der Waals surface area (Å²) in [5, 5.41) is 14.9. The molecule has 4 nitrogen and oxygen atoms in total. The molecule has 4 heteroatoms. The van der Waals surface area contributed by atoms with Gasteiger partial charge in [0.15, 0.2) is 0 Å². The molecule has 0 saturated heterocycles. The predicted octanol–water partition coefficient (Wildman–Crippen LogP) is 1.53. The monoisotopic (exact) mass is 237 g/mol. The van der Waals surface area contributed by atoms with Crippen molar-refractivity contribution in [2.45, 2.75) is 39.2 Å². The van der Waals surface area contributed by atoms with Gasteiger partial charge >= 0.3 is 0 Å². The Hall–Kier alpha value is -0.870. The summed E-state index contributed by atoms with van der Waals surface area (Å²) < 4.78 is 1.81. The molecule has 1 aliphatic rings. The molecule has 1 heterocycles. The number of hydrogen-bond donors (Lipinski definition) is 2. The van der Waals surface area contributed by atoms with Crippen LogP contribution >= 0.6 is 0 Å². The molecule has 0 radical (unpaired) electrons. The fourth-order valence-electron chi connectivity index (χ4n) is 3.09. The first-order chi connectivity index (χ1) is 8.00. The Labute approximate surface area is 103 Å². The van der Waals surface area contributed by atoms with Crippen LogP contribution in [0.3, 0.4) is 0 Å². The van der Waals surface area contributed by atoms with E-state index in [0.29, 0.717) is 12.5 Å². The lowest BCUT2D eigenvalue weighted by Gasteiger charge is -2.33. The average molecular weight is 237 g/mol. The molecule has 0 amide bonds. The minimum atomic E-state index is -0.480. The van der Waals surface area contributed by atoms with E-state index in [1.54, 1.807) is 10.9 Å². The molecular formula is C13H23N3O. The molecule has 3 unspecified atom stereocenters. The molecule has 1 fully saturated rings. The van der Waals surface area contributed by atoms with E-state index < -0.39 is 6.10 Å². The van der Waals surface area contributed by atoms with Crippen LogP contribution in [0.1, 0.15) is 43.5 Å². The summed E-state index contributed by atoms with van der Waals surface area (Å²) in [7, 11) is 1.90. The summed E-state index contributed by atoms with van der Waals surface area (Å²) >= 11 is 0. The number of nitrogens with zero attached hydrogens (tertiary/aromatic N) is 2. The molecule has 1 aromatic heterocycles. The number of aliphatic hydroxyl groups excluding tert-OH is 1. The lowest BCUT2D eigenvalue weighted by Crippen LogP contribution is -2.34. The van der Waals surface area contributed by atoms with Crippen molar-refractivity contribution in [1.82, 2.24) is 9.78 Å². The first kappa shape index (κ1) is 12.6. The Morgan fingerprint density at radius 3 is 2.82 bits per heavy atom. The quantitative estimate of drug-likeness (QED) is 0.838. The Morgan fingerprint density at radius 1 is 1.71 bits per heavy atom. The van der Waals surface area contributed by atoms with Crippen molar-refractivity contribution < 1.29 is 5.11 Å². The summed E-state index contributed by atoms with van der Waals surface area (Å²) in [6.07, 6.45) is 4.48. The maximum absolute atomic E-state index is 10.6. The zero-order valence-electron chi connectivity index (χ0n) is 11.0. The van der Waals surface area contributed by atoms with E-state index in [2.05, 4.69) is 12.0 Å². The van der Waals surface area contributed by atoms with Crippen LogP contribution in [0.25, 0.3) is 0 Å². The van der Waals surface area contributed by atoms with Gasteiger partial charge in [0.1, 0.15) is 0 Å². The zero-order chi connectivity index (χ0) is 12.6. The van der Waals surface area contributed by atoms with Gasteiger partial charge in [-0.1, -0.05) is 13.3 Å². The van der Waals surface area contributed by atoms with Crippen molar-refractivity contribution in [3.8, 4) is 0 Å². The highest BCUT2D eigenvalue weighted by Crippen LogP contribution is 2.49. The highest BCUT2D eigenvalue weighted by atomic mass is 16.3. The lowest BCUT2D eigenvalue weighted by molar-refractivity contribution is 0.0302. The molecule has 96 valence electrons. The van der Waals surface area contributed by atoms with Gasteiger partial charge in [-0.3, -0.25) is 4.68 Å². The minimum Gasteiger partial charge on any atom is -0.388 e. The molecular weight excluding hydrogens is 214 g/mol. The van der Waals surface area contributed by atoms with Crippen molar-refractivity contribution in [3.63, 3.8) is 0 Å². The Morgan fingerprint density at radius 2 is 2.41 bits per heavy atom. The number of aryl methyl sites for hydroxylation is 1. The van der Waals surface area contributed by atoms with Gasteiger partial charge in [-0.25, -0.2) is 0 Å². The molecule has 0 aliphatic heterocycles. The van der Waals surface area contributed by atoms with Crippen LogP contribution in [0.5, 0.6) is 0 Å². The molecule has 17 heavy (non-hydrogen) atoms. The van der Waals surface area contributed by atoms with Gasteiger partial charge in [-0.05, 0) is 25.7 Å². The fourth-order valence-corrected chi connectivity index (χ4v) is 3.09. The number of aromatic nitrogens is 2. The summed E-state index contributed by atoms with van der Waals surface area (Å²) in [4.78, 5) is 0. The van der Waals surface area contributed by atoms with E-state index in [9.17, 15) is 5.11 Å². The first-order valence-electron chi connectivity index (χ1n) is 6.37. The van der Waals surface area contributed by atoms with Crippen molar-refractivity contribution in [2.75, 3.05) is 6.54 Å². The smallest absolute Gasteiger partial charge is 0.0891 e. The van der Waals surface area contributed by atoms with Crippen LogP contribution < -0.4 is 5.73 Å². The first-order valence-corrected chi connectivity index (χ1v) is 6.37. The predicted molar refractivity (Wildman–Crippen MR) is 67.4 cm³/mol. The van der Waals surface area contributed by atoms with Crippen LogP contribution in [-0.2, 0) is 7.05 Å². The second kappa shape index (κ2) is 4.42. The molecule has 0 spiro atoms. The standard InChI is InChI=1S/C13H23N3O/c1-9-4-5-13(6-9,8-14)12(17)11-7-15-16(3)10(11)2/h7,9,12,17H,4-6,8,14H2,1-3H3. The van der Waals surface area contributed by atoms with Gasteiger partial charge in [0.25, 0.3) is 0 Å². The topological polar surface area (TPSA) is 64.1 Å². The summed E-state index contributed by atoms with van der Waals surface area (Å²) in [6, 6.07) is 0. The highest BCUT2D eigenvalue weighted by Gasteiger charge is 2.43.